The van der Waals surface area contributed by atoms with Crippen molar-refractivity contribution in [2.45, 2.75) is 6.54 Å². The molecular weight excluding hydrogens is 338 g/mol. The Balaban J connectivity index is 1.51. The molecule has 3 aromatic carbocycles. The minimum atomic E-state index is -0.191. The van der Waals surface area contributed by atoms with Gasteiger partial charge in [-0.2, -0.15) is 0 Å². The van der Waals surface area contributed by atoms with Crippen LogP contribution in [-0.2, 0) is 11.3 Å². The smallest absolute Gasteiger partial charge is 0.255 e. The Morgan fingerprint density at radius 1 is 0.704 bits per heavy atom. The summed E-state index contributed by atoms with van der Waals surface area (Å²) < 4.78 is 0. The lowest BCUT2D eigenvalue weighted by atomic mass is 10.2. The van der Waals surface area contributed by atoms with Crippen molar-refractivity contribution in [1.29, 1.82) is 0 Å². The van der Waals surface area contributed by atoms with E-state index in [4.69, 9.17) is 0 Å². The average molecular weight is 359 g/mol. The van der Waals surface area contributed by atoms with Crippen molar-refractivity contribution < 1.29 is 9.59 Å². The Hall–Kier alpha value is -3.44. The van der Waals surface area contributed by atoms with E-state index in [1.807, 2.05) is 48.5 Å². The molecule has 3 aromatic rings. The molecule has 2 amide bonds. The van der Waals surface area contributed by atoms with Crippen LogP contribution in [0.2, 0.25) is 0 Å². The molecule has 27 heavy (non-hydrogen) atoms. The van der Waals surface area contributed by atoms with Gasteiger partial charge in [-0.15, -0.1) is 0 Å². The van der Waals surface area contributed by atoms with E-state index in [2.05, 4.69) is 16.0 Å². The van der Waals surface area contributed by atoms with Crippen molar-refractivity contribution in [3.8, 4) is 0 Å². The molecular formula is C22H21N3O2. The molecule has 0 aliphatic heterocycles. The monoisotopic (exact) mass is 359 g/mol. The van der Waals surface area contributed by atoms with Crippen LogP contribution in [0.15, 0.2) is 84.9 Å². The predicted octanol–water partition coefficient (Wildman–Crippen LogP) is 3.67. The van der Waals surface area contributed by atoms with Crippen LogP contribution in [0.25, 0.3) is 0 Å². The van der Waals surface area contributed by atoms with Crippen molar-refractivity contribution in [2.24, 2.45) is 0 Å². The third kappa shape index (κ3) is 5.80. The normalized spacial score (nSPS) is 10.2. The number of nitrogens with one attached hydrogen (secondary N) is 3. The van der Waals surface area contributed by atoms with E-state index in [0.717, 1.165) is 5.56 Å². The van der Waals surface area contributed by atoms with Gasteiger partial charge in [0.25, 0.3) is 5.91 Å². The van der Waals surface area contributed by atoms with Crippen molar-refractivity contribution in [3.05, 3.63) is 96.1 Å². The van der Waals surface area contributed by atoms with Gasteiger partial charge in [-0.25, -0.2) is 0 Å². The lowest BCUT2D eigenvalue weighted by Crippen LogP contribution is -2.27. The van der Waals surface area contributed by atoms with E-state index in [9.17, 15) is 9.59 Å². The molecule has 0 aliphatic carbocycles. The third-order valence-corrected chi connectivity index (χ3v) is 3.90. The van der Waals surface area contributed by atoms with Gasteiger partial charge in [0.2, 0.25) is 5.91 Å². The van der Waals surface area contributed by atoms with Crippen LogP contribution in [0.1, 0.15) is 15.9 Å². The summed E-state index contributed by atoms with van der Waals surface area (Å²) in [6.07, 6.45) is 0. The van der Waals surface area contributed by atoms with Crippen LogP contribution in [0.4, 0.5) is 11.4 Å². The van der Waals surface area contributed by atoms with Crippen LogP contribution in [0.3, 0.4) is 0 Å². The van der Waals surface area contributed by atoms with Crippen LogP contribution in [0, 0.1) is 0 Å². The van der Waals surface area contributed by atoms with Gasteiger partial charge in [0.05, 0.1) is 6.54 Å². The summed E-state index contributed by atoms with van der Waals surface area (Å²) in [6, 6.07) is 26.0. The maximum atomic E-state index is 12.2. The van der Waals surface area contributed by atoms with Crippen LogP contribution < -0.4 is 16.0 Å². The molecule has 0 saturated carbocycles. The first-order chi connectivity index (χ1) is 13.2. The first kappa shape index (κ1) is 18.4. The predicted molar refractivity (Wildman–Crippen MR) is 108 cm³/mol. The fourth-order valence-corrected chi connectivity index (χ4v) is 2.59. The molecule has 0 unspecified atom stereocenters. The standard InChI is InChI=1S/C22H21N3O2/c26-21(16-23-15-17-8-3-1-4-9-17)24-19-12-7-13-20(14-19)25-22(27)18-10-5-2-6-11-18/h1-14,23H,15-16H2,(H,24,26)(H,25,27). The van der Waals surface area contributed by atoms with E-state index in [-0.39, 0.29) is 18.4 Å². The van der Waals surface area contributed by atoms with Crippen molar-refractivity contribution >= 4 is 23.2 Å². The summed E-state index contributed by atoms with van der Waals surface area (Å²) in [7, 11) is 0. The van der Waals surface area contributed by atoms with E-state index < -0.39 is 0 Å². The van der Waals surface area contributed by atoms with E-state index in [0.29, 0.717) is 23.5 Å². The first-order valence-corrected chi connectivity index (χ1v) is 8.72. The van der Waals surface area contributed by atoms with Crippen LogP contribution in [-0.4, -0.2) is 18.4 Å². The molecule has 3 rings (SSSR count). The maximum Gasteiger partial charge on any atom is 0.255 e. The highest BCUT2D eigenvalue weighted by molar-refractivity contribution is 6.04. The fraction of sp³-hybridized carbons (Fsp3) is 0.0909. The number of benzene rings is 3. The number of anilines is 2. The lowest BCUT2D eigenvalue weighted by Gasteiger charge is -2.10. The molecule has 0 saturated heterocycles. The fourth-order valence-electron chi connectivity index (χ4n) is 2.59. The minimum absolute atomic E-state index is 0.141. The molecule has 0 fully saturated rings. The number of hydrogen-bond donors (Lipinski definition) is 3. The zero-order valence-electron chi connectivity index (χ0n) is 14.8. The number of rotatable bonds is 7. The average Bonchev–Trinajstić information content (AvgIpc) is 2.70. The summed E-state index contributed by atoms with van der Waals surface area (Å²) in [5.41, 5.74) is 2.96. The molecule has 5 heteroatoms. The molecule has 0 aromatic heterocycles. The summed E-state index contributed by atoms with van der Waals surface area (Å²) in [6.45, 7) is 0.830. The molecule has 136 valence electrons. The quantitative estimate of drug-likeness (QED) is 0.603. The molecule has 5 nitrogen and oxygen atoms in total. The Labute approximate surface area is 158 Å². The molecule has 0 heterocycles. The number of carbonyl (C=O) groups excluding carboxylic acids is 2. The van der Waals surface area contributed by atoms with Gasteiger partial charge in [0, 0.05) is 23.5 Å². The number of amides is 2. The molecule has 0 bridgehead atoms. The Morgan fingerprint density at radius 3 is 2.04 bits per heavy atom. The zero-order valence-corrected chi connectivity index (χ0v) is 14.8. The summed E-state index contributed by atoms with van der Waals surface area (Å²) in [4.78, 5) is 24.3. The summed E-state index contributed by atoms with van der Waals surface area (Å²) in [5.74, 6) is -0.332. The van der Waals surface area contributed by atoms with Crippen LogP contribution >= 0.6 is 0 Å². The summed E-state index contributed by atoms with van der Waals surface area (Å²) >= 11 is 0. The van der Waals surface area contributed by atoms with Gasteiger partial charge >= 0.3 is 0 Å². The second kappa shape index (κ2) is 9.31. The van der Waals surface area contributed by atoms with Gasteiger partial charge in [-0.3, -0.25) is 9.59 Å². The number of carbonyl (C=O) groups is 2. The summed E-state index contributed by atoms with van der Waals surface area (Å²) in [5, 5.41) is 8.77. The molecule has 0 atom stereocenters. The van der Waals surface area contributed by atoms with Crippen molar-refractivity contribution in [3.63, 3.8) is 0 Å². The zero-order chi connectivity index (χ0) is 18.9. The second-order valence-electron chi connectivity index (χ2n) is 6.04. The second-order valence-corrected chi connectivity index (χ2v) is 6.04. The molecule has 0 spiro atoms. The topological polar surface area (TPSA) is 70.2 Å². The lowest BCUT2D eigenvalue weighted by molar-refractivity contribution is -0.115. The maximum absolute atomic E-state index is 12.2. The van der Waals surface area contributed by atoms with Gasteiger partial charge < -0.3 is 16.0 Å². The van der Waals surface area contributed by atoms with E-state index in [1.165, 1.54) is 0 Å². The highest BCUT2D eigenvalue weighted by Crippen LogP contribution is 2.16. The molecule has 3 N–H and O–H groups in total. The largest absolute Gasteiger partial charge is 0.325 e. The van der Waals surface area contributed by atoms with E-state index in [1.54, 1.807) is 36.4 Å². The Kier molecular flexibility index (Phi) is 6.33. The van der Waals surface area contributed by atoms with Crippen molar-refractivity contribution in [1.82, 2.24) is 5.32 Å². The molecule has 0 aliphatic rings. The van der Waals surface area contributed by atoms with E-state index >= 15 is 0 Å². The van der Waals surface area contributed by atoms with Gasteiger partial charge in [0.1, 0.15) is 0 Å². The van der Waals surface area contributed by atoms with Gasteiger partial charge in [-0.1, -0.05) is 54.6 Å². The minimum Gasteiger partial charge on any atom is -0.325 e. The Bertz CT molecular complexity index is 896. The van der Waals surface area contributed by atoms with Gasteiger partial charge in [0.15, 0.2) is 0 Å². The van der Waals surface area contributed by atoms with Gasteiger partial charge in [-0.05, 0) is 35.9 Å². The Morgan fingerprint density at radius 2 is 1.33 bits per heavy atom. The molecule has 0 radical (unpaired) electrons. The number of hydrogen-bond acceptors (Lipinski definition) is 3. The SMILES string of the molecule is O=C(CNCc1ccccc1)Nc1cccc(NC(=O)c2ccccc2)c1. The highest BCUT2D eigenvalue weighted by atomic mass is 16.2. The van der Waals surface area contributed by atoms with Crippen LogP contribution in [0.5, 0.6) is 0 Å². The highest BCUT2D eigenvalue weighted by Gasteiger charge is 2.07. The third-order valence-electron chi connectivity index (χ3n) is 3.90. The van der Waals surface area contributed by atoms with Crippen molar-refractivity contribution in [2.75, 3.05) is 17.2 Å². The first-order valence-electron chi connectivity index (χ1n) is 8.72.